The lowest BCUT2D eigenvalue weighted by Gasteiger charge is -2.11. The van der Waals surface area contributed by atoms with Gasteiger partial charge in [-0.05, 0) is 29.4 Å². The quantitative estimate of drug-likeness (QED) is 0.804. The molecule has 2 amide bonds. The number of hydrogen-bond acceptors (Lipinski definition) is 4. The molecule has 0 aliphatic carbocycles. The molecular weight excluding hydrogens is 282 g/mol. The van der Waals surface area contributed by atoms with E-state index in [1.807, 2.05) is 30.3 Å². The number of rotatable bonds is 3. The summed E-state index contributed by atoms with van der Waals surface area (Å²) in [6.45, 7) is 0. The number of carbonyl (C=O) groups excluding carboxylic acids is 1. The van der Waals surface area contributed by atoms with Crippen LogP contribution in [0.5, 0.6) is 5.75 Å². The molecule has 1 aliphatic rings. The molecule has 0 radical (unpaired) electrons. The fraction of sp³-hybridized carbons (Fsp3) is 0.0625. The van der Waals surface area contributed by atoms with Crippen LogP contribution in [0.1, 0.15) is 5.56 Å². The highest BCUT2D eigenvalue weighted by molar-refractivity contribution is 6.12. The van der Waals surface area contributed by atoms with Crippen LogP contribution < -0.4 is 14.7 Å². The third-order valence-corrected chi connectivity index (χ3v) is 3.17. The van der Waals surface area contributed by atoms with Crippen molar-refractivity contribution in [1.82, 2.24) is 0 Å². The molecule has 0 fully saturated rings. The van der Waals surface area contributed by atoms with Gasteiger partial charge in [0.25, 0.3) is 0 Å². The molecule has 0 saturated carbocycles. The first-order valence-electron chi connectivity index (χ1n) is 6.62. The van der Waals surface area contributed by atoms with Crippen LogP contribution in [0, 0.1) is 0 Å². The van der Waals surface area contributed by atoms with Gasteiger partial charge in [0, 0.05) is 5.56 Å². The zero-order valence-corrected chi connectivity index (χ0v) is 11.8. The molecule has 0 atom stereocenters. The standard InChI is InChI=1S/C16H13N3O3/c1-22-14-9-7-13(8-10-14)19-15(20)17-18(16(19)21)11-12-5-3-2-4-6-12/h2-11H,1H3/b18-11-. The molecule has 1 aliphatic heterocycles. The zero-order valence-electron chi connectivity index (χ0n) is 11.8. The first-order valence-corrected chi connectivity index (χ1v) is 6.62. The van der Waals surface area contributed by atoms with Gasteiger partial charge < -0.3 is 9.84 Å². The first kappa shape index (κ1) is 13.8. The third-order valence-electron chi connectivity index (χ3n) is 3.17. The van der Waals surface area contributed by atoms with Gasteiger partial charge in [-0.15, -0.1) is 4.90 Å². The second kappa shape index (κ2) is 5.69. The van der Waals surface area contributed by atoms with Gasteiger partial charge >= 0.3 is 6.03 Å². The molecule has 1 heterocycles. The molecule has 0 N–H and O–H groups in total. The Morgan fingerprint density at radius 3 is 2.45 bits per heavy atom. The number of benzene rings is 2. The highest BCUT2D eigenvalue weighted by atomic mass is 16.5. The number of carbonyl (C=O) groups is 1. The van der Waals surface area contributed by atoms with Crippen LogP contribution in [0.4, 0.5) is 10.5 Å². The molecule has 2 aromatic carbocycles. The number of hydrazone groups is 1. The maximum absolute atomic E-state index is 12.3. The second-order valence-corrected chi connectivity index (χ2v) is 4.58. The average Bonchev–Trinajstić information content (AvgIpc) is 2.82. The van der Waals surface area contributed by atoms with Crippen molar-refractivity contribution in [2.24, 2.45) is 5.10 Å². The molecule has 110 valence electrons. The van der Waals surface area contributed by atoms with E-state index in [4.69, 9.17) is 4.74 Å². The van der Waals surface area contributed by atoms with Crippen LogP contribution in [-0.2, 0) is 0 Å². The number of amides is 2. The van der Waals surface area contributed by atoms with Gasteiger partial charge in [0.05, 0.1) is 7.11 Å². The summed E-state index contributed by atoms with van der Waals surface area (Å²) < 4.78 is 6.10. The minimum absolute atomic E-state index is 0.448. The average molecular weight is 295 g/mol. The zero-order chi connectivity index (χ0) is 15.5. The van der Waals surface area contributed by atoms with Crippen molar-refractivity contribution in [3.05, 3.63) is 60.2 Å². The molecule has 6 nitrogen and oxygen atoms in total. The maximum Gasteiger partial charge on any atom is 0.529 e. The van der Waals surface area contributed by atoms with E-state index in [0.717, 1.165) is 15.1 Å². The van der Waals surface area contributed by atoms with Crippen molar-refractivity contribution in [1.29, 1.82) is 0 Å². The molecule has 22 heavy (non-hydrogen) atoms. The highest BCUT2D eigenvalue weighted by Crippen LogP contribution is 2.21. The lowest BCUT2D eigenvalue weighted by molar-refractivity contribution is -0.422. The summed E-state index contributed by atoms with van der Waals surface area (Å²) in [5.74, 6) is 0.646. The molecule has 0 unspecified atom stereocenters. The molecule has 2 aromatic rings. The normalized spacial score (nSPS) is 16.0. The van der Waals surface area contributed by atoms with Crippen molar-refractivity contribution in [2.75, 3.05) is 12.0 Å². The predicted octanol–water partition coefficient (Wildman–Crippen LogP) is 1.40. The molecule has 0 bridgehead atoms. The number of anilines is 1. The lowest BCUT2D eigenvalue weighted by Crippen LogP contribution is -2.40. The second-order valence-electron chi connectivity index (χ2n) is 4.58. The summed E-state index contributed by atoms with van der Waals surface area (Å²) in [5, 5.41) is 15.7. The van der Waals surface area contributed by atoms with Crippen LogP contribution in [-0.4, -0.2) is 30.1 Å². The summed E-state index contributed by atoms with van der Waals surface area (Å²) in [5.41, 5.74) is 1.23. The molecule has 0 aromatic heterocycles. The summed E-state index contributed by atoms with van der Waals surface area (Å²) in [6, 6.07) is 14.7. The van der Waals surface area contributed by atoms with Crippen molar-refractivity contribution in [3.8, 4) is 5.75 Å². The highest BCUT2D eigenvalue weighted by Gasteiger charge is 2.36. The van der Waals surface area contributed by atoms with Crippen molar-refractivity contribution >= 4 is 24.0 Å². The number of ether oxygens (including phenoxy) is 1. The predicted molar refractivity (Wildman–Crippen MR) is 80.2 cm³/mol. The molecule has 0 saturated heterocycles. The number of urea groups is 1. The van der Waals surface area contributed by atoms with E-state index in [-0.39, 0.29) is 0 Å². The number of amidine groups is 1. The van der Waals surface area contributed by atoms with Gasteiger partial charge in [-0.25, -0.2) is 0 Å². The third kappa shape index (κ3) is 2.54. The van der Waals surface area contributed by atoms with Gasteiger partial charge in [-0.3, -0.25) is 0 Å². The van der Waals surface area contributed by atoms with Gasteiger partial charge in [-0.2, -0.15) is 4.79 Å². The smallest absolute Gasteiger partial charge is 0.529 e. The molecule has 0 spiro atoms. The number of methoxy groups -OCH3 is 1. The van der Waals surface area contributed by atoms with Gasteiger partial charge in [0.1, 0.15) is 17.7 Å². The van der Waals surface area contributed by atoms with E-state index in [1.54, 1.807) is 31.4 Å². The number of nitrogens with zero attached hydrogens (tertiary/aromatic N) is 3. The van der Waals surface area contributed by atoms with Crippen molar-refractivity contribution in [3.63, 3.8) is 0 Å². The Morgan fingerprint density at radius 2 is 1.82 bits per heavy atom. The minimum Gasteiger partial charge on any atom is -0.824 e. The van der Waals surface area contributed by atoms with Crippen molar-refractivity contribution < 1.29 is 19.3 Å². The first-order chi connectivity index (χ1) is 10.7. The van der Waals surface area contributed by atoms with E-state index in [2.05, 4.69) is 5.10 Å². The van der Waals surface area contributed by atoms with E-state index < -0.39 is 12.1 Å². The van der Waals surface area contributed by atoms with E-state index in [9.17, 15) is 9.90 Å². The summed E-state index contributed by atoms with van der Waals surface area (Å²) in [7, 11) is 1.55. The SMILES string of the molecule is COc1ccc(N2C(=O)/[N+](=C/c3ccccc3)N=C2[O-])cc1. The maximum atomic E-state index is 12.3. The fourth-order valence-electron chi connectivity index (χ4n) is 2.08. The summed E-state index contributed by atoms with van der Waals surface area (Å²) in [4.78, 5) is 13.4. The lowest BCUT2D eigenvalue weighted by atomic mass is 10.2. The van der Waals surface area contributed by atoms with Crippen LogP contribution in [0.2, 0.25) is 0 Å². The van der Waals surface area contributed by atoms with Crippen LogP contribution in [0.25, 0.3) is 0 Å². The summed E-state index contributed by atoms with van der Waals surface area (Å²) >= 11 is 0. The van der Waals surface area contributed by atoms with Crippen LogP contribution in [0.3, 0.4) is 0 Å². The minimum atomic E-state index is -0.623. The Morgan fingerprint density at radius 1 is 1.14 bits per heavy atom. The monoisotopic (exact) mass is 295 g/mol. The van der Waals surface area contributed by atoms with E-state index in [0.29, 0.717) is 11.4 Å². The number of hydrogen-bond donors (Lipinski definition) is 0. The summed E-state index contributed by atoms with van der Waals surface area (Å²) in [6.07, 6.45) is 1.52. The van der Waals surface area contributed by atoms with E-state index in [1.165, 1.54) is 6.21 Å². The molecule has 3 rings (SSSR count). The van der Waals surface area contributed by atoms with Crippen LogP contribution >= 0.6 is 0 Å². The molecular formula is C16H13N3O3. The topological polar surface area (TPSA) is 68.0 Å². The van der Waals surface area contributed by atoms with Gasteiger partial charge in [0.2, 0.25) is 6.02 Å². The fourth-order valence-corrected chi connectivity index (χ4v) is 2.08. The van der Waals surface area contributed by atoms with Crippen LogP contribution in [0.15, 0.2) is 59.7 Å². The Hall–Kier alpha value is -3.15. The van der Waals surface area contributed by atoms with Gasteiger partial charge in [0.15, 0.2) is 0 Å². The Kier molecular flexibility index (Phi) is 3.57. The Labute approximate surface area is 127 Å². The largest absolute Gasteiger partial charge is 0.824 e. The van der Waals surface area contributed by atoms with Crippen molar-refractivity contribution in [2.45, 2.75) is 0 Å². The Balaban J connectivity index is 1.91. The molecule has 6 heteroatoms. The van der Waals surface area contributed by atoms with E-state index >= 15 is 0 Å². The van der Waals surface area contributed by atoms with Gasteiger partial charge in [-0.1, -0.05) is 35.0 Å². The Bertz CT molecular complexity index is 752.